The van der Waals surface area contributed by atoms with Crippen molar-refractivity contribution in [3.8, 4) is 0 Å². The average molecular weight is 392 g/mol. The SMILES string of the molecule is O=c1[nH]c(C(F)(F)F)nc2c1CN(Cc1ccc(N3CCCCC3)cc1)CC2. The lowest BCUT2D eigenvalue weighted by Crippen LogP contribution is -2.36. The van der Waals surface area contributed by atoms with E-state index in [9.17, 15) is 18.0 Å². The first kappa shape index (κ1) is 19.0. The van der Waals surface area contributed by atoms with E-state index in [1.807, 2.05) is 4.98 Å². The number of nitrogens with one attached hydrogen (secondary N) is 1. The molecule has 0 spiro atoms. The average Bonchev–Trinajstić information content (AvgIpc) is 2.69. The van der Waals surface area contributed by atoms with E-state index in [0.29, 0.717) is 31.6 Å². The summed E-state index contributed by atoms with van der Waals surface area (Å²) in [6.07, 6.45) is -0.541. The van der Waals surface area contributed by atoms with Gasteiger partial charge >= 0.3 is 6.18 Å². The van der Waals surface area contributed by atoms with E-state index in [4.69, 9.17) is 0 Å². The second-order valence-corrected chi connectivity index (χ2v) is 7.51. The van der Waals surface area contributed by atoms with E-state index in [1.54, 1.807) is 0 Å². The molecule has 0 amide bonds. The highest BCUT2D eigenvalue weighted by molar-refractivity contribution is 5.47. The zero-order chi connectivity index (χ0) is 19.7. The molecule has 8 heteroatoms. The van der Waals surface area contributed by atoms with Crippen LogP contribution >= 0.6 is 0 Å². The molecule has 1 fully saturated rings. The van der Waals surface area contributed by atoms with Crippen molar-refractivity contribution in [2.24, 2.45) is 0 Å². The van der Waals surface area contributed by atoms with Crippen molar-refractivity contribution in [1.29, 1.82) is 0 Å². The molecule has 3 heterocycles. The maximum Gasteiger partial charge on any atom is 0.449 e. The van der Waals surface area contributed by atoms with Crippen LogP contribution in [0, 0.1) is 0 Å². The Morgan fingerprint density at radius 2 is 1.75 bits per heavy atom. The zero-order valence-electron chi connectivity index (χ0n) is 15.6. The van der Waals surface area contributed by atoms with E-state index in [-0.39, 0.29) is 5.69 Å². The van der Waals surface area contributed by atoms with Crippen LogP contribution in [0.3, 0.4) is 0 Å². The van der Waals surface area contributed by atoms with Gasteiger partial charge in [0.2, 0.25) is 5.82 Å². The van der Waals surface area contributed by atoms with Gasteiger partial charge in [0.1, 0.15) is 0 Å². The summed E-state index contributed by atoms with van der Waals surface area (Å²) in [5.74, 6) is -1.21. The van der Waals surface area contributed by atoms with Gasteiger partial charge in [0, 0.05) is 44.8 Å². The van der Waals surface area contributed by atoms with Gasteiger partial charge in [-0.2, -0.15) is 13.2 Å². The van der Waals surface area contributed by atoms with Crippen molar-refractivity contribution in [2.75, 3.05) is 24.5 Å². The lowest BCUT2D eigenvalue weighted by Gasteiger charge is -2.30. The minimum atomic E-state index is -4.64. The number of anilines is 1. The van der Waals surface area contributed by atoms with E-state index < -0.39 is 17.6 Å². The normalized spacial score (nSPS) is 18.2. The standard InChI is InChI=1S/C20H23F3N4O/c21-20(22,23)19-24-17-8-11-26(13-16(17)18(28)25-19)12-14-4-6-15(7-5-14)27-9-2-1-3-10-27/h4-7H,1-3,8-13H2,(H,24,25,28). The third-order valence-corrected chi connectivity index (χ3v) is 5.48. The Labute approximate surface area is 161 Å². The quantitative estimate of drug-likeness (QED) is 0.871. The lowest BCUT2D eigenvalue weighted by molar-refractivity contribution is -0.145. The monoisotopic (exact) mass is 392 g/mol. The lowest BCUT2D eigenvalue weighted by atomic mass is 10.1. The molecule has 2 aliphatic rings. The summed E-state index contributed by atoms with van der Waals surface area (Å²) >= 11 is 0. The summed E-state index contributed by atoms with van der Waals surface area (Å²) in [7, 11) is 0. The largest absolute Gasteiger partial charge is 0.449 e. The van der Waals surface area contributed by atoms with Crippen molar-refractivity contribution < 1.29 is 13.2 Å². The van der Waals surface area contributed by atoms with Crippen molar-refractivity contribution in [2.45, 2.75) is 44.9 Å². The number of hydrogen-bond donors (Lipinski definition) is 1. The van der Waals surface area contributed by atoms with Crippen molar-refractivity contribution >= 4 is 5.69 Å². The molecular formula is C20H23F3N4O. The minimum absolute atomic E-state index is 0.257. The number of benzene rings is 1. The van der Waals surface area contributed by atoms with Gasteiger partial charge in [-0.05, 0) is 37.0 Å². The van der Waals surface area contributed by atoms with Crippen LogP contribution in [0.5, 0.6) is 0 Å². The van der Waals surface area contributed by atoms with Crippen LogP contribution in [0.4, 0.5) is 18.9 Å². The van der Waals surface area contributed by atoms with Gasteiger partial charge in [-0.1, -0.05) is 12.1 Å². The maximum atomic E-state index is 12.8. The number of aromatic nitrogens is 2. The number of aromatic amines is 1. The van der Waals surface area contributed by atoms with Crippen molar-refractivity contribution in [3.63, 3.8) is 0 Å². The molecule has 0 saturated carbocycles. The summed E-state index contributed by atoms with van der Waals surface area (Å²) in [6.45, 7) is 3.73. The third-order valence-electron chi connectivity index (χ3n) is 5.48. The smallest absolute Gasteiger partial charge is 0.372 e. The first-order valence-corrected chi connectivity index (χ1v) is 9.66. The van der Waals surface area contributed by atoms with Crippen molar-refractivity contribution in [3.05, 3.63) is 57.3 Å². The number of hydrogen-bond acceptors (Lipinski definition) is 4. The van der Waals surface area contributed by atoms with Crippen LogP contribution in [0.2, 0.25) is 0 Å². The molecule has 5 nitrogen and oxygen atoms in total. The molecule has 28 heavy (non-hydrogen) atoms. The predicted octanol–water partition coefficient (Wildman–Crippen LogP) is 3.34. The van der Waals surface area contributed by atoms with Gasteiger partial charge in [-0.25, -0.2) is 4.98 Å². The number of halogens is 3. The Morgan fingerprint density at radius 3 is 2.43 bits per heavy atom. The molecule has 1 aromatic carbocycles. The highest BCUT2D eigenvalue weighted by Gasteiger charge is 2.35. The number of rotatable bonds is 3. The molecule has 2 aliphatic heterocycles. The Morgan fingerprint density at radius 1 is 1.04 bits per heavy atom. The van der Waals surface area contributed by atoms with E-state index in [2.05, 4.69) is 39.0 Å². The first-order chi connectivity index (χ1) is 13.4. The molecule has 1 saturated heterocycles. The Kier molecular flexibility index (Phi) is 5.14. The van der Waals surface area contributed by atoms with Crippen LogP contribution in [0.25, 0.3) is 0 Å². The minimum Gasteiger partial charge on any atom is -0.372 e. The zero-order valence-corrected chi connectivity index (χ0v) is 15.6. The number of fused-ring (bicyclic) bond motifs is 1. The molecule has 4 rings (SSSR count). The third kappa shape index (κ3) is 4.06. The Hall–Kier alpha value is -2.35. The topological polar surface area (TPSA) is 52.2 Å². The summed E-state index contributed by atoms with van der Waals surface area (Å²) in [5, 5.41) is 0. The fourth-order valence-corrected chi connectivity index (χ4v) is 3.97. The first-order valence-electron chi connectivity index (χ1n) is 9.66. The molecule has 150 valence electrons. The predicted molar refractivity (Wildman–Crippen MR) is 100 cm³/mol. The van der Waals surface area contributed by atoms with Gasteiger partial charge in [-0.15, -0.1) is 0 Å². The van der Waals surface area contributed by atoms with Gasteiger partial charge in [0.15, 0.2) is 0 Å². The molecule has 0 atom stereocenters. The number of H-pyrrole nitrogens is 1. The molecule has 0 aliphatic carbocycles. The van der Waals surface area contributed by atoms with Crippen LogP contribution < -0.4 is 10.5 Å². The molecule has 1 aromatic heterocycles. The van der Waals surface area contributed by atoms with E-state index in [0.717, 1.165) is 18.7 Å². The highest BCUT2D eigenvalue weighted by atomic mass is 19.4. The van der Waals surface area contributed by atoms with E-state index in [1.165, 1.54) is 24.9 Å². The Bertz CT molecular complexity index is 886. The number of nitrogens with zero attached hydrogens (tertiary/aromatic N) is 3. The highest BCUT2D eigenvalue weighted by Crippen LogP contribution is 2.27. The van der Waals surface area contributed by atoms with Gasteiger partial charge in [0.05, 0.1) is 11.3 Å². The van der Waals surface area contributed by atoms with Gasteiger partial charge in [-0.3, -0.25) is 9.69 Å². The van der Waals surface area contributed by atoms with Gasteiger partial charge < -0.3 is 9.88 Å². The second-order valence-electron chi connectivity index (χ2n) is 7.51. The molecule has 0 bridgehead atoms. The number of alkyl halides is 3. The fraction of sp³-hybridized carbons (Fsp3) is 0.500. The van der Waals surface area contributed by atoms with Crippen LogP contribution in [0.1, 0.15) is 41.9 Å². The summed E-state index contributed by atoms with van der Waals surface area (Å²) in [6, 6.07) is 8.44. The molecule has 0 radical (unpaired) electrons. The fourth-order valence-electron chi connectivity index (χ4n) is 3.97. The van der Waals surface area contributed by atoms with Crippen LogP contribution in [-0.4, -0.2) is 34.5 Å². The molecule has 2 aromatic rings. The number of piperidine rings is 1. The molecule has 1 N–H and O–H groups in total. The van der Waals surface area contributed by atoms with Gasteiger partial charge in [0.25, 0.3) is 5.56 Å². The van der Waals surface area contributed by atoms with E-state index >= 15 is 0 Å². The maximum absolute atomic E-state index is 12.8. The summed E-state index contributed by atoms with van der Waals surface area (Å²) in [4.78, 5) is 22.1. The second kappa shape index (κ2) is 7.58. The van der Waals surface area contributed by atoms with Crippen LogP contribution in [-0.2, 0) is 25.7 Å². The molecular weight excluding hydrogens is 369 g/mol. The molecule has 0 unspecified atom stereocenters. The van der Waals surface area contributed by atoms with Crippen LogP contribution in [0.15, 0.2) is 29.1 Å². The Balaban J connectivity index is 1.44. The summed E-state index contributed by atoms with van der Waals surface area (Å²) < 4.78 is 38.5. The van der Waals surface area contributed by atoms with Crippen molar-refractivity contribution in [1.82, 2.24) is 14.9 Å². The summed E-state index contributed by atoms with van der Waals surface area (Å²) in [5.41, 5.74) is 2.26.